The zero-order chi connectivity index (χ0) is 16.9. The van der Waals surface area contributed by atoms with E-state index in [1.807, 2.05) is 55.5 Å². The lowest BCUT2D eigenvalue weighted by molar-refractivity contribution is 1.07. The van der Waals surface area contributed by atoms with Gasteiger partial charge in [0.1, 0.15) is 10.7 Å². The van der Waals surface area contributed by atoms with E-state index in [0.29, 0.717) is 20.7 Å². The molecule has 2 heterocycles. The summed E-state index contributed by atoms with van der Waals surface area (Å²) in [5, 5.41) is 28.3. The zero-order valence-corrected chi connectivity index (χ0v) is 14.2. The van der Waals surface area contributed by atoms with Gasteiger partial charge in [-0.05, 0) is 24.5 Å². The monoisotopic (exact) mass is 350 g/mol. The molecule has 0 saturated heterocycles. The Hall–Kier alpha value is -2.94. The second-order valence-electron chi connectivity index (χ2n) is 4.77. The van der Waals surface area contributed by atoms with Crippen LogP contribution in [0.1, 0.15) is 16.6 Å². The highest BCUT2D eigenvalue weighted by Gasteiger charge is 2.19. The Morgan fingerprint density at radius 3 is 2.50 bits per heavy atom. The van der Waals surface area contributed by atoms with Crippen molar-refractivity contribution in [3.63, 3.8) is 0 Å². The van der Waals surface area contributed by atoms with E-state index >= 15 is 0 Å². The number of aryl methyl sites for hydroxylation is 1. The van der Waals surface area contributed by atoms with Gasteiger partial charge in [0.25, 0.3) is 0 Å². The molecular formula is C16H10N6S2. The lowest BCUT2D eigenvalue weighted by Gasteiger charge is -1.96. The van der Waals surface area contributed by atoms with Crippen LogP contribution in [-0.2, 0) is 0 Å². The maximum absolute atomic E-state index is 9.09. The molecule has 0 amide bonds. The van der Waals surface area contributed by atoms with Crippen LogP contribution in [-0.4, -0.2) is 9.36 Å². The first-order valence-electron chi connectivity index (χ1n) is 6.91. The lowest BCUT2D eigenvalue weighted by Crippen LogP contribution is -1.90. The molecule has 0 spiro atoms. The molecule has 0 aliphatic rings. The molecule has 0 unspecified atom stereocenters. The molecular weight excluding hydrogens is 340 g/mol. The standard InChI is InChI=1S/C16H10N6S2/c1-10-7-13(24-22-10)20-21-16-14(11-5-3-2-4-6-11)19-15(23-16)12(8-17)9-18/h2-7,12H,1H3. The van der Waals surface area contributed by atoms with Crippen LogP contribution >= 0.6 is 22.9 Å². The number of benzene rings is 1. The molecule has 0 N–H and O–H groups in total. The second kappa shape index (κ2) is 7.09. The van der Waals surface area contributed by atoms with Crippen LogP contribution in [0.5, 0.6) is 0 Å². The van der Waals surface area contributed by atoms with Crippen LogP contribution in [0, 0.1) is 29.6 Å². The molecule has 0 bridgehead atoms. The Bertz CT molecular complexity index is 945. The van der Waals surface area contributed by atoms with Gasteiger partial charge in [0.2, 0.25) is 0 Å². The van der Waals surface area contributed by atoms with Crippen molar-refractivity contribution in [2.24, 2.45) is 10.2 Å². The topological polar surface area (TPSA) is 98.1 Å². The van der Waals surface area contributed by atoms with Crippen molar-refractivity contribution in [1.82, 2.24) is 9.36 Å². The molecule has 3 rings (SSSR count). The molecule has 0 atom stereocenters. The molecule has 0 aliphatic heterocycles. The van der Waals surface area contributed by atoms with E-state index in [9.17, 15) is 0 Å². The summed E-state index contributed by atoms with van der Waals surface area (Å²) in [6.07, 6.45) is 0. The number of aromatic nitrogens is 2. The fourth-order valence-corrected chi connectivity index (χ4v) is 3.43. The molecule has 0 radical (unpaired) electrons. The molecule has 0 fully saturated rings. The van der Waals surface area contributed by atoms with E-state index in [-0.39, 0.29) is 0 Å². The van der Waals surface area contributed by atoms with E-state index in [2.05, 4.69) is 19.6 Å². The maximum atomic E-state index is 9.09. The highest BCUT2D eigenvalue weighted by molar-refractivity contribution is 7.16. The second-order valence-corrected chi connectivity index (χ2v) is 6.56. The van der Waals surface area contributed by atoms with Crippen molar-refractivity contribution < 1.29 is 0 Å². The molecule has 0 saturated carbocycles. The van der Waals surface area contributed by atoms with Crippen molar-refractivity contribution in [2.45, 2.75) is 12.8 Å². The summed E-state index contributed by atoms with van der Waals surface area (Å²) in [5.74, 6) is -0.910. The van der Waals surface area contributed by atoms with Crippen LogP contribution in [0.3, 0.4) is 0 Å². The molecule has 1 aromatic carbocycles. The summed E-state index contributed by atoms with van der Waals surface area (Å²) in [6, 6.07) is 15.2. The number of nitrogens with zero attached hydrogens (tertiary/aromatic N) is 6. The van der Waals surface area contributed by atoms with Gasteiger partial charge in [-0.25, -0.2) is 4.98 Å². The van der Waals surface area contributed by atoms with Crippen molar-refractivity contribution >= 4 is 32.9 Å². The van der Waals surface area contributed by atoms with Crippen molar-refractivity contribution in [2.75, 3.05) is 0 Å². The third-order valence-electron chi connectivity index (χ3n) is 3.03. The van der Waals surface area contributed by atoms with Gasteiger partial charge >= 0.3 is 0 Å². The Labute approximate surface area is 146 Å². The fourth-order valence-electron chi connectivity index (χ4n) is 1.93. The van der Waals surface area contributed by atoms with E-state index in [0.717, 1.165) is 11.3 Å². The number of thiazole rings is 1. The van der Waals surface area contributed by atoms with Gasteiger partial charge in [-0.2, -0.15) is 14.9 Å². The average molecular weight is 350 g/mol. The molecule has 116 valence electrons. The zero-order valence-electron chi connectivity index (χ0n) is 12.5. The van der Waals surface area contributed by atoms with Crippen LogP contribution in [0.2, 0.25) is 0 Å². The molecule has 0 aliphatic carbocycles. The smallest absolute Gasteiger partial charge is 0.184 e. The number of hydrogen-bond donors (Lipinski definition) is 0. The molecule has 2 aromatic heterocycles. The third kappa shape index (κ3) is 3.35. The first-order valence-corrected chi connectivity index (χ1v) is 8.50. The largest absolute Gasteiger partial charge is 0.236 e. The third-order valence-corrected chi connectivity index (χ3v) is 4.80. The van der Waals surface area contributed by atoms with Crippen molar-refractivity contribution in [3.8, 4) is 23.4 Å². The summed E-state index contributed by atoms with van der Waals surface area (Å²) in [7, 11) is 0. The van der Waals surface area contributed by atoms with Gasteiger partial charge in [0, 0.05) is 5.56 Å². The molecule has 8 heteroatoms. The van der Waals surface area contributed by atoms with Crippen LogP contribution in [0.25, 0.3) is 11.3 Å². The highest BCUT2D eigenvalue weighted by Crippen LogP contribution is 2.39. The quantitative estimate of drug-likeness (QED) is 0.610. The van der Waals surface area contributed by atoms with Gasteiger partial charge in [-0.15, -0.1) is 10.2 Å². The number of nitriles is 2. The summed E-state index contributed by atoms with van der Waals surface area (Å²) in [5.41, 5.74) is 2.37. The summed E-state index contributed by atoms with van der Waals surface area (Å²) >= 11 is 2.47. The van der Waals surface area contributed by atoms with Gasteiger partial charge in [0.05, 0.1) is 17.8 Å². The minimum Gasteiger partial charge on any atom is -0.236 e. The molecule has 3 aromatic rings. The Morgan fingerprint density at radius 2 is 1.88 bits per heavy atom. The van der Waals surface area contributed by atoms with Gasteiger partial charge < -0.3 is 0 Å². The fraction of sp³-hybridized carbons (Fsp3) is 0.125. The van der Waals surface area contributed by atoms with E-state index < -0.39 is 5.92 Å². The Morgan fingerprint density at radius 1 is 1.12 bits per heavy atom. The van der Waals surface area contributed by atoms with Crippen LogP contribution < -0.4 is 0 Å². The molecule has 6 nitrogen and oxygen atoms in total. The predicted octanol–water partition coefficient (Wildman–Crippen LogP) is 5.12. The summed E-state index contributed by atoms with van der Waals surface area (Å²) in [6.45, 7) is 1.89. The van der Waals surface area contributed by atoms with Crippen molar-refractivity contribution in [1.29, 1.82) is 10.5 Å². The summed E-state index contributed by atoms with van der Waals surface area (Å²) in [4.78, 5) is 4.45. The molecule has 24 heavy (non-hydrogen) atoms. The summed E-state index contributed by atoms with van der Waals surface area (Å²) < 4.78 is 4.16. The van der Waals surface area contributed by atoms with Crippen LogP contribution in [0.15, 0.2) is 46.6 Å². The SMILES string of the molecule is Cc1cc(N=Nc2sc(C(C#N)C#N)nc2-c2ccccc2)sn1. The van der Waals surface area contributed by atoms with Crippen molar-refractivity contribution in [3.05, 3.63) is 47.1 Å². The predicted molar refractivity (Wildman–Crippen MR) is 92.5 cm³/mol. The van der Waals surface area contributed by atoms with E-state index in [1.165, 1.54) is 22.9 Å². The highest BCUT2D eigenvalue weighted by atomic mass is 32.1. The minimum atomic E-state index is -0.910. The van der Waals surface area contributed by atoms with Gasteiger partial charge in [-0.3, -0.25) is 0 Å². The Balaban J connectivity index is 2.04. The minimum absolute atomic E-state index is 0.424. The number of azo groups is 1. The van der Waals surface area contributed by atoms with Gasteiger partial charge in [0.15, 0.2) is 15.9 Å². The van der Waals surface area contributed by atoms with E-state index in [4.69, 9.17) is 10.5 Å². The normalized spacial score (nSPS) is 10.8. The van der Waals surface area contributed by atoms with Crippen LogP contribution in [0.4, 0.5) is 10.0 Å². The first kappa shape index (κ1) is 15.9. The van der Waals surface area contributed by atoms with Gasteiger partial charge in [-0.1, -0.05) is 41.7 Å². The lowest BCUT2D eigenvalue weighted by atomic mass is 10.1. The number of rotatable bonds is 4. The van der Waals surface area contributed by atoms with E-state index in [1.54, 1.807) is 0 Å². The Kier molecular flexibility index (Phi) is 4.71. The maximum Gasteiger partial charge on any atom is 0.184 e. The number of hydrogen-bond acceptors (Lipinski definition) is 8. The first-order chi connectivity index (χ1) is 11.7. The average Bonchev–Trinajstić information content (AvgIpc) is 3.21.